The third kappa shape index (κ3) is 4.25. The molecule has 0 radical (unpaired) electrons. The number of hydrogen-bond acceptors (Lipinski definition) is 3. The van der Waals surface area contributed by atoms with Gasteiger partial charge in [-0.2, -0.15) is 12.7 Å². The minimum absolute atomic E-state index is 0.0370. The normalized spacial score (nSPS) is 20.1. The molecule has 0 aromatic heterocycles. The molecule has 1 aliphatic heterocycles. The summed E-state index contributed by atoms with van der Waals surface area (Å²) in [4.78, 5) is 10.8. The summed E-state index contributed by atoms with van der Waals surface area (Å²) in [7, 11) is -3.50. The summed E-state index contributed by atoms with van der Waals surface area (Å²) in [6, 6.07) is 0. The molecule has 7 heteroatoms. The van der Waals surface area contributed by atoms with Gasteiger partial charge in [0.1, 0.15) is 0 Å². The van der Waals surface area contributed by atoms with Crippen LogP contribution in [-0.4, -0.2) is 43.4 Å². The zero-order valence-electron chi connectivity index (χ0n) is 10.1. The van der Waals surface area contributed by atoms with Crippen molar-refractivity contribution in [2.24, 2.45) is 5.92 Å². The molecule has 0 aromatic rings. The summed E-state index contributed by atoms with van der Waals surface area (Å²) in [5, 5.41) is 8.83. The van der Waals surface area contributed by atoms with Crippen molar-refractivity contribution in [3.63, 3.8) is 0 Å². The van der Waals surface area contributed by atoms with Gasteiger partial charge in [0.25, 0.3) is 10.2 Å². The van der Waals surface area contributed by atoms with Crippen LogP contribution >= 0.6 is 0 Å². The molecule has 100 valence electrons. The van der Waals surface area contributed by atoms with Crippen LogP contribution in [0.5, 0.6) is 0 Å². The predicted molar refractivity (Wildman–Crippen MR) is 63.8 cm³/mol. The van der Waals surface area contributed by atoms with Crippen LogP contribution in [0.15, 0.2) is 0 Å². The maximum absolute atomic E-state index is 11.9. The molecule has 2 N–H and O–H groups in total. The van der Waals surface area contributed by atoms with E-state index in [2.05, 4.69) is 4.72 Å². The summed E-state index contributed by atoms with van der Waals surface area (Å²) in [6.07, 6.45) is 3.21. The van der Waals surface area contributed by atoms with Crippen molar-refractivity contribution < 1.29 is 18.3 Å². The lowest BCUT2D eigenvalue weighted by Crippen LogP contribution is -2.45. The lowest BCUT2D eigenvalue weighted by molar-refractivity contribution is -0.141. The van der Waals surface area contributed by atoms with Gasteiger partial charge in [-0.3, -0.25) is 4.79 Å². The summed E-state index contributed by atoms with van der Waals surface area (Å²) >= 11 is 0. The molecule has 0 aliphatic carbocycles. The van der Waals surface area contributed by atoms with E-state index in [1.165, 1.54) is 4.31 Å². The molecule has 1 atom stereocenters. The lowest BCUT2D eigenvalue weighted by Gasteiger charge is -2.26. The highest BCUT2D eigenvalue weighted by Gasteiger charge is 2.25. The molecule has 6 nitrogen and oxygen atoms in total. The highest BCUT2D eigenvalue weighted by Crippen LogP contribution is 2.12. The number of carbonyl (C=O) groups is 1. The number of hydrogen-bond donors (Lipinski definition) is 2. The Balaban J connectivity index is 2.51. The Morgan fingerprint density at radius 3 is 2.41 bits per heavy atom. The number of carboxylic acid groups (broad SMARTS) is 1. The number of rotatable bonds is 6. The summed E-state index contributed by atoms with van der Waals surface area (Å²) in [5.74, 6) is -1.62. The Morgan fingerprint density at radius 2 is 1.94 bits per heavy atom. The van der Waals surface area contributed by atoms with E-state index in [-0.39, 0.29) is 6.54 Å². The van der Waals surface area contributed by atoms with Crippen molar-refractivity contribution in [3.05, 3.63) is 0 Å². The lowest BCUT2D eigenvalue weighted by atomic mass is 10.1. The number of nitrogens with one attached hydrogen (secondary N) is 1. The quantitative estimate of drug-likeness (QED) is 0.728. The number of piperidine rings is 1. The molecular formula is C10H20N2O4S. The Hall–Kier alpha value is -0.660. The molecule has 0 amide bonds. The van der Waals surface area contributed by atoms with Crippen LogP contribution in [0, 0.1) is 5.92 Å². The second-order valence-electron chi connectivity index (χ2n) is 4.26. The number of aliphatic carboxylic acids is 1. The zero-order chi connectivity index (χ0) is 12.9. The zero-order valence-corrected chi connectivity index (χ0v) is 10.9. The topological polar surface area (TPSA) is 86.7 Å². The van der Waals surface area contributed by atoms with E-state index in [4.69, 9.17) is 5.11 Å². The van der Waals surface area contributed by atoms with Gasteiger partial charge in [0, 0.05) is 19.6 Å². The molecule has 17 heavy (non-hydrogen) atoms. The molecule has 0 spiro atoms. The second-order valence-corrected chi connectivity index (χ2v) is 6.01. The molecule has 1 rings (SSSR count). The van der Waals surface area contributed by atoms with Crippen molar-refractivity contribution in [3.8, 4) is 0 Å². The van der Waals surface area contributed by atoms with E-state index >= 15 is 0 Å². The minimum Gasteiger partial charge on any atom is -0.481 e. The van der Waals surface area contributed by atoms with Crippen LogP contribution < -0.4 is 4.72 Å². The van der Waals surface area contributed by atoms with Crippen LogP contribution in [0.3, 0.4) is 0 Å². The van der Waals surface area contributed by atoms with Gasteiger partial charge in [-0.15, -0.1) is 0 Å². The van der Waals surface area contributed by atoms with Gasteiger partial charge in [-0.05, 0) is 19.3 Å². The SMILES string of the molecule is CCC(CNS(=O)(=O)N1CCCCC1)C(=O)O. The predicted octanol–water partition coefficient (Wildman–Crippen LogP) is 0.418. The first-order valence-electron chi connectivity index (χ1n) is 5.95. The molecule has 1 unspecified atom stereocenters. The Kier molecular flexibility index (Phi) is 5.35. The maximum atomic E-state index is 11.9. The molecule has 1 saturated heterocycles. The first-order chi connectivity index (χ1) is 7.97. The number of nitrogens with zero attached hydrogens (tertiary/aromatic N) is 1. The van der Waals surface area contributed by atoms with Crippen molar-refractivity contribution in [2.45, 2.75) is 32.6 Å². The first-order valence-corrected chi connectivity index (χ1v) is 7.39. The van der Waals surface area contributed by atoms with Crippen LogP contribution in [0.25, 0.3) is 0 Å². The van der Waals surface area contributed by atoms with Gasteiger partial charge in [-0.25, -0.2) is 4.72 Å². The second kappa shape index (κ2) is 6.32. The van der Waals surface area contributed by atoms with Crippen LogP contribution in [0.2, 0.25) is 0 Å². The fraction of sp³-hybridized carbons (Fsp3) is 0.900. The van der Waals surface area contributed by atoms with Crippen molar-refractivity contribution >= 4 is 16.2 Å². The van der Waals surface area contributed by atoms with Crippen molar-refractivity contribution in [1.29, 1.82) is 0 Å². The van der Waals surface area contributed by atoms with Gasteiger partial charge in [0.05, 0.1) is 5.92 Å². The smallest absolute Gasteiger partial charge is 0.307 e. The highest BCUT2D eigenvalue weighted by molar-refractivity contribution is 7.87. The van der Waals surface area contributed by atoms with E-state index in [1.54, 1.807) is 6.92 Å². The van der Waals surface area contributed by atoms with E-state index < -0.39 is 22.1 Å². The standard InChI is InChI=1S/C10H20N2O4S/c1-2-9(10(13)14)8-11-17(15,16)12-6-4-3-5-7-12/h9,11H,2-8H2,1H3,(H,13,14). The van der Waals surface area contributed by atoms with E-state index in [1.807, 2.05) is 0 Å². The highest BCUT2D eigenvalue weighted by atomic mass is 32.2. The maximum Gasteiger partial charge on any atom is 0.307 e. The molecule has 0 bridgehead atoms. The van der Waals surface area contributed by atoms with Gasteiger partial charge < -0.3 is 5.11 Å². The van der Waals surface area contributed by atoms with Crippen LogP contribution in [0.1, 0.15) is 32.6 Å². The van der Waals surface area contributed by atoms with E-state index in [0.29, 0.717) is 19.5 Å². The molecule has 1 heterocycles. The first kappa shape index (κ1) is 14.4. The minimum atomic E-state index is -3.50. The summed E-state index contributed by atoms with van der Waals surface area (Å²) < 4.78 is 27.5. The third-order valence-electron chi connectivity index (χ3n) is 3.01. The van der Waals surface area contributed by atoms with Crippen molar-refractivity contribution in [1.82, 2.24) is 9.03 Å². The summed E-state index contributed by atoms with van der Waals surface area (Å²) in [5.41, 5.74) is 0. The summed E-state index contributed by atoms with van der Waals surface area (Å²) in [6.45, 7) is 2.75. The van der Waals surface area contributed by atoms with Crippen LogP contribution in [-0.2, 0) is 15.0 Å². The largest absolute Gasteiger partial charge is 0.481 e. The molecule has 1 fully saturated rings. The van der Waals surface area contributed by atoms with Gasteiger partial charge in [0.2, 0.25) is 0 Å². The van der Waals surface area contributed by atoms with Crippen LogP contribution in [0.4, 0.5) is 0 Å². The fourth-order valence-corrected chi connectivity index (χ4v) is 3.14. The monoisotopic (exact) mass is 264 g/mol. The van der Waals surface area contributed by atoms with Gasteiger partial charge in [-0.1, -0.05) is 13.3 Å². The third-order valence-corrected chi connectivity index (χ3v) is 4.59. The number of carboxylic acids is 1. The fourth-order valence-electron chi connectivity index (χ4n) is 1.81. The van der Waals surface area contributed by atoms with Crippen molar-refractivity contribution in [2.75, 3.05) is 19.6 Å². The Bertz CT molecular complexity index is 349. The average Bonchev–Trinajstić information content (AvgIpc) is 2.30. The van der Waals surface area contributed by atoms with E-state index in [0.717, 1.165) is 19.3 Å². The Labute approximate surface area is 102 Å². The molecule has 0 aromatic carbocycles. The van der Waals surface area contributed by atoms with Gasteiger partial charge >= 0.3 is 5.97 Å². The Morgan fingerprint density at radius 1 is 1.35 bits per heavy atom. The van der Waals surface area contributed by atoms with Gasteiger partial charge in [0.15, 0.2) is 0 Å². The average molecular weight is 264 g/mol. The molecular weight excluding hydrogens is 244 g/mol. The molecule has 0 saturated carbocycles. The van der Waals surface area contributed by atoms with E-state index in [9.17, 15) is 13.2 Å². The molecule has 1 aliphatic rings.